The number of hydrogen-bond acceptors (Lipinski definition) is 3. The van der Waals surface area contributed by atoms with E-state index in [2.05, 4.69) is 4.98 Å². The van der Waals surface area contributed by atoms with Gasteiger partial charge in [0.25, 0.3) is 0 Å². The number of nitrogens with zero attached hydrogens (tertiary/aromatic N) is 2. The highest BCUT2D eigenvalue weighted by Gasteiger charge is 2.43. The van der Waals surface area contributed by atoms with E-state index in [4.69, 9.17) is 4.74 Å². The molecule has 0 spiro atoms. The van der Waals surface area contributed by atoms with Gasteiger partial charge in [0.2, 0.25) is 0 Å². The molecule has 1 aliphatic rings. The Bertz CT molecular complexity index is 347. The van der Waals surface area contributed by atoms with Gasteiger partial charge in [0.05, 0.1) is 12.2 Å². The monoisotopic (exact) mass is 224 g/mol. The molecule has 1 saturated carbocycles. The van der Waals surface area contributed by atoms with Gasteiger partial charge in [0.15, 0.2) is 0 Å². The lowest BCUT2D eigenvalue weighted by Gasteiger charge is -2.27. The molecule has 90 valence electrons. The molecule has 0 amide bonds. The standard InChI is InChI=1S/C12H20N2O2/c1-14-8-7-13-11(14)5-6-12(15,9-16-2)10-3-4-10/h7-8,10,15H,3-6,9H2,1-2H3. The fourth-order valence-electron chi connectivity index (χ4n) is 2.23. The molecule has 0 bridgehead atoms. The zero-order chi connectivity index (χ0) is 11.6. The normalized spacial score (nSPS) is 19.7. The number of rotatable bonds is 6. The molecule has 0 aliphatic heterocycles. The number of ether oxygens (including phenoxy) is 1. The zero-order valence-electron chi connectivity index (χ0n) is 10.0. The number of imidazole rings is 1. The van der Waals surface area contributed by atoms with Crippen LogP contribution in [0.1, 0.15) is 25.1 Å². The predicted molar refractivity (Wildman–Crippen MR) is 61.1 cm³/mol. The van der Waals surface area contributed by atoms with Crippen molar-refractivity contribution >= 4 is 0 Å². The molecule has 1 aromatic rings. The second-order valence-electron chi connectivity index (χ2n) is 4.77. The van der Waals surface area contributed by atoms with Gasteiger partial charge in [0, 0.05) is 33.0 Å². The van der Waals surface area contributed by atoms with Crippen molar-refractivity contribution in [1.29, 1.82) is 0 Å². The first-order valence-electron chi connectivity index (χ1n) is 5.83. The molecule has 1 atom stereocenters. The molecule has 1 aromatic heterocycles. The van der Waals surface area contributed by atoms with Crippen LogP contribution < -0.4 is 0 Å². The van der Waals surface area contributed by atoms with Gasteiger partial charge < -0.3 is 14.4 Å². The Morgan fingerprint density at radius 3 is 2.88 bits per heavy atom. The summed E-state index contributed by atoms with van der Waals surface area (Å²) in [5.74, 6) is 1.45. The SMILES string of the molecule is COCC(O)(CCc1nccn1C)C1CC1. The van der Waals surface area contributed by atoms with Crippen LogP contribution in [0.2, 0.25) is 0 Å². The van der Waals surface area contributed by atoms with E-state index in [1.165, 1.54) is 0 Å². The summed E-state index contributed by atoms with van der Waals surface area (Å²) in [6.07, 6.45) is 7.51. The summed E-state index contributed by atoms with van der Waals surface area (Å²) in [6.45, 7) is 0.433. The number of hydrogen-bond donors (Lipinski definition) is 1. The van der Waals surface area contributed by atoms with Gasteiger partial charge in [-0.25, -0.2) is 4.98 Å². The number of aliphatic hydroxyl groups is 1. The molecule has 1 heterocycles. The van der Waals surface area contributed by atoms with Gasteiger partial charge in [-0.3, -0.25) is 0 Å². The van der Waals surface area contributed by atoms with Gasteiger partial charge in [0.1, 0.15) is 5.82 Å². The first-order chi connectivity index (χ1) is 7.65. The third-order valence-electron chi connectivity index (χ3n) is 3.43. The fraction of sp³-hybridized carbons (Fsp3) is 0.750. The Kier molecular flexibility index (Phi) is 3.30. The van der Waals surface area contributed by atoms with Crippen molar-refractivity contribution in [1.82, 2.24) is 9.55 Å². The zero-order valence-corrected chi connectivity index (χ0v) is 10.0. The van der Waals surface area contributed by atoms with Crippen LogP contribution in [-0.2, 0) is 18.2 Å². The maximum absolute atomic E-state index is 10.5. The van der Waals surface area contributed by atoms with E-state index in [0.29, 0.717) is 12.5 Å². The van der Waals surface area contributed by atoms with Crippen molar-refractivity contribution in [3.05, 3.63) is 18.2 Å². The van der Waals surface area contributed by atoms with Crippen LogP contribution in [0.15, 0.2) is 12.4 Å². The molecule has 16 heavy (non-hydrogen) atoms. The van der Waals surface area contributed by atoms with Crippen molar-refractivity contribution in [3.8, 4) is 0 Å². The molecule has 2 rings (SSSR count). The van der Waals surface area contributed by atoms with E-state index in [0.717, 1.165) is 31.5 Å². The highest BCUT2D eigenvalue weighted by Crippen LogP contribution is 2.42. The molecule has 0 radical (unpaired) electrons. The van der Waals surface area contributed by atoms with Crippen molar-refractivity contribution < 1.29 is 9.84 Å². The Hall–Kier alpha value is -0.870. The molecule has 1 N–H and O–H groups in total. The Morgan fingerprint density at radius 2 is 2.38 bits per heavy atom. The summed E-state index contributed by atoms with van der Waals surface area (Å²) in [7, 11) is 3.63. The summed E-state index contributed by atoms with van der Waals surface area (Å²) in [5.41, 5.74) is -0.652. The number of aryl methyl sites for hydroxylation is 2. The van der Waals surface area contributed by atoms with Gasteiger partial charge in [-0.15, -0.1) is 0 Å². The Morgan fingerprint density at radius 1 is 1.62 bits per heavy atom. The molecule has 4 nitrogen and oxygen atoms in total. The van der Waals surface area contributed by atoms with Crippen molar-refractivity contribution in [2.45, 2.75) is 31.3 Å². The highest BCUT2D eigenvalue weighted by atomic mass is 16.5. The van der Waals surface area contributed by atoms with Crippen molar-refractivity contribution in [3.63, 3.8) is 0 Å². The van der Waals surface area contributed by atoms with Crippen LogP contribution in [0, 0.1) is 5.92 Å². The number of methoxy groups -OCH3 is 1. The fourth-order valence-corrected chi connectivity index (χ4v) is 2.23. The van der Waals surface area contributed by atoms with Gasteiger partial charge in [-0.1, -0.05) is 0 Å². The van der Waals surface area contributed by atoms with Crippen LogP contribution in [-0.4, -0.2) is 34.0 Å². The first-order valence-corrected chi connectivity index (χ1v) is 5.83. The molecule has 1 fully saturated rings. The molecule has 4 heteroatoms. The minimum atomic E-state index is -0.652. The molecule has 1 aliphatic carbocycles. The van der Waals surface area contributed by atoms with Crippen LogP contribution in [0.3, 0.4) is 0 Å². The number of aromatic nitrogens is 2. The highest BCUT2D eigenvalue weighted by molar-refractivity contribution is 4.99. The van der Waals surface area contributed by atoms with Crippen molar-refractivity contribution in [2.24, 2.45) is 13.0 Å². The van der Waals surface area contributed by atoms with E-state index in [1.54, 1.807) is 13.3 Å². The topological polar surface area (TPSA) is 47.3 Å². The quantitative estimate of drug-likeness (QED) is 0.788. The van der Waals surface area contributed by atoms with E-state index >= 15 is 0 Å². The van der Waals surface area contributed by atoms with Crippen LogP contribution in [0.5, 0.6) is 0 Å². The summed E-state index contributed by atoms with van der Waals surface area (Å²) in [5, 5.41) is 10.5. The third kappa shape index (κ3) is 2.44. The average molecular weight is 224 g/mol. The maximum atomic E-state index is 10.5. The Balaban J connectivity index is 1.94. The van der Waals surface area contributed by atoms with E-state index in [1.807, 2.05) is 17.8 Å². The van der Waals surface area contributed by atoms with Crippen LogP contribution in [0.4, 0.5) is 0 Å². The molecular weight excluding hydrogens is 204 g/mol. The minimum absolute atomic E-state index is 0.424. The third-order valence-corrected chi connectivity index (χ3v) is 3.43. The maximum Gasteiger partial charge on any atom is 0.108 e. The van der Waals surface area contributed by atoms with Gasteiger partial charge in [-0.05, 0) is 25.2 Å². The van der Waals surface area contributed by atoms with Crippen LogP contribution in [0.25, 0.3) is 0 Å². The smallest absolute Gasteiger partial charge is 0.108 e. The lowest BCUT2D eigenvalue weighted by molar-refractivity contribution is -0.0539. The summed E-state index contributed by atoms with van der Waals surface area (Å²) < 4.78 is 7.13. The minimum Gasteiger partial charge on any atom is -0.387 e. The van der Waals surface area contributed by atoms with Crippen molar-refractivity contribution in [2.75, 3.05) is 13.7 Å². The molecule has 0 aromatic carbocycles. The summed E-state index contributed by atoms with van der Waals surface area (Å²) in [4.78, 5) is 4.27. The lowest BCUT2D eigenvalue weighted by atomic mass is 9.93. The molecule has 0 saturated heterocycles. The Labute approximate surface area is 96.3 Å². The summed E-state index contributed by atoms with van der Waals surface area (Å²) in [6, 6.07) is 0. The van der Waals surface area contributed by atoms with E-state index in [9.17, 15) is 5.11 Å². The summed E-state index contributed by atoms with van der Waals surface area (Å²) >= 11 is 0. The van der Waals surface area contributed by atoms with Gasteiger partial charge >= 0.3 is 0 Å². The largest absolute Gasteiger partial charge is 0.387 e. The van der Waals surface area contributed by atoms with E-state index in [-0.39, 0.29) is 0 Å². The van der Waals surface area contributed by atoms with Crippen LogP contribution >= 0.6 is 0 Å². The second-order valence-corrected chi connectivity index (χ2v) is 4.77. The van der Waals surface area contributed by atoms with Gasteiger partial charge in [-0.2, -0.15) is 0 Å². The average Bonchev–Trinajstić information content (AvgIpc) is 3.02. The predicted octanol–water partition coefficient (Wildman–Crippen LogP) is 1.14. The molecule has 1 unspecified atom stereocenters. The lowest BCUT2D eigenvalue weighted by Crippen LogP contribution is -2.37. The first kappa shape index (κ1) is 11.6. The molecular formula is C12H20N2O2. The second kappa shape index (κ2) is 4.55. The van der Waals surface area contributed by atoms with E-state index < -0.39 is 5.60 Å².